The summed E-state index contributed by atoms with van der Waals surface area (Å²) < 4.78 is 18.3. The van der Waals surface area contributed by atoms with Crippen molar-refractivity contribution in [2.45, 2.75) is 31.5 Å². The van der Waals surface area contributed by atoms with Crippen molar-refractivity contribution in [1.29, 1.82) is 0 Å². The molecule has 0 saturated carbocycles. The quantitative estimate of drug-likeness (QED) is 0.671. The molecule has 2 aliphatic rings. The lowest BCUT2D eigenvalue weighted by Crippen LogP contribution is -2.57. The van der Waals surface area contributed by atoms with E-state index in [0.717, 1.165) is 44.1 Å². The van der Waals surface area contributed by atoms with Crippen LogP contribution in [0.4, 0.5) is 4.79 Å². The van der Waals surface area contributed by atoms with Crippen LogP contribution in [0.3, 0.4) is 0 Å². The molecular weight excluding hydrogens is 374 g/mol. The Morgan fingerprint density at radius 3 is 2.66 bits per heavy atom. The fourth-order valence-corrected chi connectivity index (χ4v) is 4.53. The molecule has 3 aromatic rings. The average Bonchev–Trinajstić information content (AvgIpc) is 3.50. The molecule has 5 heterocycles. The fraction of sp³-hybridized carbons (Fsp3) is 0.450. The van der Waals surface area contributed by atoms with Crippen molar-refractivity contribution < 1.29 is 18.4 Å². The van der Waals surface area contributed by atoms with E-state index in [4.69, 9.17) is 13.6 Å². The van der Waals surface area contributed by atoms with Gasteiger partial charge in [0, 0.05) is 19.6 Å². The highest BCUT2D eigenvalue weighted by molar-refractivity contribution is 5.68. The van der Waals surface area contributed by atoms with Gasteiger partial charge >= 0.3 is 6.09 Å². The predicted octanol–water partition coefficient (Wildman–Crippen LogP) is 2.70. The van der Waals surface area contributed by atoms with Crippen LogP contribution in [0.25, 0.3) is 11.6 Å². The highest BCUT2D eigenvalue weighted by atomic mass is 16.5. The standard InChI is InChI=1S/C20H23N5O4/c1-27-19(26)24-13-17-21-22-18(16-5-3-11-29-16)25(17)20(14-24)6-8-23(9-7-20)12-15-4-2-10-28-15/h2-5,10-11H,6-9,12-14H2,1H3. The molecule has 0 bridgehead atoms. The molecule has 0 radical (unpaired) electrons. The number of hydrogen-bond donors (Lipinski definition) is 0. The largest absolute Gasteiger partial charge is 0.468 e. The first-order valence-corrected chi connectivity index (χ1v) is 9.75. The number of carbonyl (C=O) groups excluding carboxylic acids is 1. The van der Waals surface area contributed by atoms with E-state index >= 15 is 0 Å². The van der Waals surface area contributed by atoms with Gasteiger partial charge in [-0.2, -0.15) is 0 Å². The van der Waals surface area contributed by atoms with E-state index in [9.17, 15) is 4.79 Å². The number of furan rings is 2. The van der Waals surface area contributed by atoms with Gasteiger partial charge in [-0.05, 0) is 37.1 Å². The number of hydrogen-bond acceptors (Lipinski definition) is 7. The van der Waals surface area contributed by atoms with E-state index < -0.39 is 0 Å². The number of nitrogens with zero attached hydrogens (tertiary/aromatic N) is 5. The molecule has 3 aromatic heterocycles. The molecule has 9 heteroatoms. The van der Waals surface area contributed by atoms with Crippen LogP contribution in [0.5, 0.6) is 0 Å². The zero-order chi connectivity index (χ0) is 19.8. The van der Waals surface area contributed by atoms with E-state index in [2.05, 4.69) is 19.7 Å². The average molecular weight is 397 g/mol. The molecule has 0 aromatic carbocycles. The van der Waals surface area contributed by atoms with Crippen LogP contribution in [-0.4, -0.2) is 57.4 Å². The maximum absolute atomic E-state index is 12.3. The van der Waals surface area contributed by atoms with E-state index in [1.54, 1.807) is 17.4 Å². The molecular formula is C20H23N5O4. The molecule has 2 aliphatic heterocycles. The Kier molecular flexibility index (Phi) is 4.39. The summed E-state index contributed by atoms with van der Waals surface area (Å²) in [5.41, 5.74) is -0.299. The second-order valence-electron chi connectivity index (χ2n) is 7.66. The Hall–Kier alpha value is -3.07. The minimum Gasteiger partial charge on any atom is -0.468 e. The molecule has 0 unspecified atom stereocenters. The summed E-state index contributed by atoms with van der Waals surface area (Å²) in [5.74, 6) is 3.12. The first-order chi connectivity index (χ1) is 14.2. The number of amides is 1. The maximum Gasteiger partial charge on any atom is 0.409 e. The van der Waals surface area contributed by atoms with Crippen molar-refractivity contribution >= 4 is 6.09 Å². The van der Waals surface area contributed by atoms with Crippen molar-refractivity contribution in [2.24, 2.45) is 0 Å². The molecule has 1 fully saturated rings. The number of methoxy groups -OCH3 is 1. The van der Waals surface area contributed by atoms with Crippen LogP contribution in [0, 0.1) is 0 Å². The van der Waals surface area contributed by atoms with E-state index in [0.29, 0.717) is 24.7 Å². The molecule has 1 spiro atoms. The lowest BCUT2D eigenvalue weighted by molar-refractivity contribution is 0.0325. The highest BCUT2D eigenvalue weighted by Crippen LogP contribution is 2.39. The Bertz CT molecular complexity index is 971. The van der Waals surface area contributed by atoms with Gasteiger partial charge in [0.2, 0.25) is 0 Å². The predicted molar refractivity (Wildman–Crippen MR) is 102 cm³/mol. The van der Waals surface area contributed by atoms with Gasteiger partial charge in [0.05, 0.1) is 38.3 Å². The van der Waals surface area contributed by atoms with Crippen LogP contribution >= 0.6 is 0 Å². The third kappa shape index (κ3) is 3.11. The smallest absolute Gasteiger partial charge is 0.409 e. The minimum atomic E-state index is -0.337. The molecule has 29 heavy (non-hydrogen) atoms. The fourth-order valence-electron chi connectivity index (χ4n) is 4.53. The van der Waals surface area contributed by atoms with Crippen molar-refractivity contribution in [3.05, 3.63) is 48.4 Å². The van der Waals surface area contributed by atoms with Gasteiger partial charge in [0.25, 0.3) is 0 Å². The lowest BCUT2D eigenvalue weighted by atomic mass is 9.84. The number of ether oxygens (including phenoxy) is 1. The van der Waals surface area contributed by atoms with Gasteiger partial charge < -0.3 is 13.6 Å². The topological polar surface area (TPSA) is 89.8 Å². The molecule has 152 valence electrons. The number of aromatic nitrogens is 3. The molecule has 1 saturated heterocycles. The molecule has 0 aliphatic carbocycles. The third-order valence-electron chi connectivity index (χ3n) is 5.94. The SMILES string of the molecule is COC(=O)N1Cc2nnc(-c3ccco3)n2C2(CCN(Cc3ccco3)CC2)C1. The normalized spacial score (nSPS) is 18.7. The zero-order valence-corrected chi connectivity index (χ0v) is 16.3. The molecule has 0 N–H and O–H groups in total. The Balaban J connectivity index is 1.47. The first-order valence-electron chi connectivity index (χ1n) is 9.75. The van der Waals surface area contributed by atoms with Crippen LogP contribution in [0.1, 0.15) is 24.4 Å². The summed E-state index contributed by atoms with van der Waals surface area (Å²) in [4.78, 5) is 16.4. The van der Waals surface area contributed by atoms with Crippen LogP contribution < -0.4 is 0 Å². The van der Waals surface area contributed by atoms with Gasteiger partial charge in [0.1, 0.15) is 5.76 Å². The van der Waals surface area contributed by atoms with Gasteiger partial charge in [-0.15, -0.1) is 10.2 Å². The number of likely N-dealkylation sites (tertiary alicyclic amines) is 1. The van der Waals surface area contributed by atoms with Crippen molar-refractivity contribution in [1.82, 2.24) is 24.6 Å². The molecule has 1 amide bonds. The third-order valence-corrected chi connectivity index (χ3v) is 5.94. The molecule has 5 rings (SSSR count). The maximum atomic E-state index is 12.3. The number of carbonyl (C=O) groups is 1. The highest BCUT2D eigenvalue weighted by Gasteiger charge is 2.46. The summed E-state index contributed by atoms with van der Waals surface area (Å²) in [7, 11) is 1.41. The Labute approximate surface area is 167 Å². The van der Waals surface area contributed by atoms with Crippen LogP contribution in [0.15, 0.2) is 45.6 Å². The monoisotopic (exact) mass is 397 g/mol. The van der Waals surface area contributed by atoms with Gasteiger partial charge in [-0.25, -0.2) is 4.79 Å². The first kappa shape index (κ1) is 18.0. The van der Waals surface area contributed by atoms with Crippen molar-refractivity contribution in [3.8, 4) is 11.6 Å². The molecule has 9 nitrogen and oxygen atoms in total. The van der Waals surface area contributed by atoms with Gasteiger partial charge in [-0.1, -0.05) is 0 Å². The van der Waals surface area contributed by atoms with Crippen LogP contribution in [0.2, 0.25) is 0 Å². The summed E-state index contributed by atoms with van der Waals surface area (Å²) >= 11 is 0. The van der Waals surface area contributed by atoms with E-state index in [-0.39, 0.29) is 11.6 Å². The second kappa shape index (κ2) is 7.07. The summed E-state index contributed by atoms with van der Waals surface area (Å²) in [6, 6.07) is 7.65. The van der Waals surface area contributed by atoms with Gasteiger partial charge in [0.15, 0.2) is 17.4 Å². The Morgan fingerprint density at radius 1 is 1.17 bits per heavy atom. The number of rotatable bonds is 3. The minimum absolute atomic E-state index is 0.299. The summed E-state index contributed by atoms with van der Waals surface area (Å²) in [6.07, 6.45) is 4.73. The van der Waals surface area contributed by atoms with Crippen molar-refractivity contribution in [3.63, 3.8) is 0 Å². The van der Waals surface area contributed by atoms with Crippen molar-refractivity contribution in [2.75, 3.05) is 26.7 Å². The number of fused-ring (bicyclic) bond motifs is 2. The summed E-state index contributed by atoms with van der Waals surface area (Å²) in [5, 5.41) is 8.79. The second-order valence-corrected chi connectivity index (χ2v) is 7.66. The van der Waals surface area contributed by atoms with E-state index in [1.165, 1.54) is 7.11 Å². The van der Waals surface area contributed by atoms with E-state index in [1.807, 2.05) is 24.3 Å². The lowest BCUT2D eigenvalue weighted by Gasteiger charge is -2.48. The number of piperidine rings is 1. The zero-order valence-electron chi connectivity index (χ0n) is 16.3. The Morgan fingerprint density at radius 2 is 1.97 bits per heavy atom. The van der Waals surface area contributed by atoms with Gasteiger partial charge in [-0.3, -0.25) is 14.4 Å². The molecule has 0 atom stereocenters. The van der Waals surface area contributed by atoms with Crippen LogP contribution in [-0.2, 0) is 23.4 Å². The summed E-state index contributed by atoms with van der Waals surface area (Å²) in [6.45, 7) is 3.48.